The van der Waals surface area contributed by atoms with Crippen LogP contribution in [-0.2, 0) is 12.8 Å². The highest BCUT2D eigenvalue weighted by atomic mass is 35.5. The summed E-state index contributed by atoms with van der Waals surface area (Å²) in [6.45, 7) is 6.29. The third-order valence-corrected chi connectivity index (χ3v) is 4.39. The van der Waals surface area contributed by atoms with Gasteiger partial charge in [-0.05, 0) is 52.2 Å². The molecule has 0 atom stereocenters. The van der Waals surface area contributed by atoms with Gasteiger partial charge in [-0.25, -0.2) is 4.68 Å². The van der Waals surface area contributed by atoms with Crippen LogP contribution in [0.5, 0.6) is 0 Å². The quantitative estimate of drug-likeness (QED) is 0.891. The van der Waals surface area contributed by atoms with Crippen LogP contribution in [0.25, 0.3) is 5.69 Å². The SMILES string of the molecule is Cc1ccc(-n2nc(C(=O)NC(C)(C)CN)c3c2CCC3)cc1.Cl. The Kier molecular flexibility index (Phi) is 5.35. The van der Waals surface area contributed by atoms with E-state index in [0.29, 0.717) is 12.2 Å². The molecule has 5 nitrogen and oxygen atoms in total. The molecule has 0 fully saturated rings. The maximum atomic E-state index is 12.6. The lowest BCUT2D eigenvalue weighted by Gasteiger charge is -2.23. The van der Waals surface area contributed by atoms with Crippen molar-refractivity contribution in [3.63, 3.8) is 0 Å². The summed E-state index contributed by atoms with van der Waals surface area (Å²) in [5.74, 6) is -0.135. The fourth-order valence-electron chi connectivity index (χ4n) is 2.94. The fourth-order valence-corrected chi connectivity index (χ4v) is 2.94. The predicted molar refractivity (Wildman–Crippen MR) is 98.2 cm³/mol. The van der Waals surface area contributed by atoms with Crippen molar-refractivity contribution in [3.8, 4) is 5.69 Å². The lowest BCUT2D eigenvalue weighted by molar-refractivity contribution is 0.0909. The molecule has 0 bridgehead atoms. The Hall–Kier alpha value is -1.85. The number of carbonyl (C=O) groups is 1. The molecule has 3 N–H and O–H groups in total. The van der Waals surface area contributed by atoms with Gasteiger partial charge in [0.1, 0.15) is 0 Å². The van der Waals surface area contributed by atoms with Crippen LogP contribution in [0.15, 0.2) is 24.3 Å². The molecule has 0 saturated carbocycles. The number of nitrogens with zero attached hydrogens (tertiary/aromatic N) is 2. The summed E-state index contributed by atoms with van der Waals surface area (Å²) in [7, 11) is 0. The molecular formula is C18H25ClN4O. The Bertz CT molecular complexity index is 734. The van der Waals surface area contributed by atoms with Crippen molar-refractivity contribution in [2.75, 3.05) is 6.54 Å². The summed E-state index contributed by atoms with van der Waals surface area (Å²) in [4.78, 5) is 12.6. The number of aromatic nitrogens is 2. The number of fused-ring (bicyclic) bond motifs is 1. The largest absolute Gasteiger partial charge is 0.344 e. The number of hydrogen-bond donors (Lipinski definition) is 2. The van der Waals surface area contributed by atoms with E-state index in [1.807, 2.05) is 30.7 Å². The van der Waals surface area contributed by atoms with Gasteiger partial charge in [0.15, 0.2) is 5.69 Å². The van der Waals surface area contributed by atoms with Gasteiger partial charge in [-0.15, -0.1) is 12.4 Å². The third-order valence-electron chi connectivity index (χ3n) is 4.39. The van der Waals surface area contributed by atoms with E-state index in [9.17, 15) is 4.79 Å². The Labute approximate surface area is 149 Å². The van der Waals surface area contributed by atoms with Crippen molar-refractivity contribution >= 4 is 18.3 Å². The molecule has 1 aromatic heterocycles. The first-order chi connectivity index (χ1) is 10.9. The molecule has 0 radical (unpaired) electrons. The van der Waals surface area contributed by atoms with Crippen LogP contribution >= 0.6 is 12.4 Å². The molecule has 1 aliphatic rings. The Morgan fingerprint density at radius 2 is 1.96 bits per heavy atom. The first kappa shape index (κ1) is 18.5. The average Bonchev–Trinajstić information content (AvgIpc) is 3.10. The summed E-state index contributed by atoms with van der Waals surface area (Å²) >= 11 is 0. The molecule has 130 valence electrons. The molecule has 24 heavy (non-hydrogen) atoms. The molecule has 0 saturated heterocycles. The van der Waals surface area contributed by atoms with Gasteiger partial charge in [0.05, 0.1) is 5.69 Å². The molecule has 6 heteroatoms. The average molecular weight is 349 g/mol. The normalized spacial score (nSPS) is 13.3. The second kappa shape index (κ2) is 6.95. The number of nitrogens with two attached hydrogens (primary N) is 1. The highest BCUT2D eigenvalue weighted by molar-refractivity contribution is 5.94. The maximum Gasteiger partial charge on any atom is 0.272 e. The van der Waals surface area contributed by atoms with Gasteiger partial charge >= 0.3 is 0 Å². The van der Waals surface area contributed by atoms with Crippen LogP contribution < -0.4 is 11.1 Å². The van der Waals surface area contributed by atoms with Crippen LogP contribution in [-0.4, -0.2) is 27.8 Å². The minimum Gasteiger partial charge on any atom is -0.344 e. The standard InChI is InChI=1S/C18H24N4O.ClH/c1-12-7-9-13(10-8-12)22-15-6-4-5-14(15)16(21-22)17(23)20-18(2,3)11-19;/h7-10H,4-6,11,19H2,1-3H3,(H,20,23);1H. The molecule has 1 heterocycles. The van der Waals surface area contributed by atoms with Crippen molar-refractivity contribution in [2.45, 2.75) is 45.6 Å². The number of rotatable bonds is 4. The van der Waals surface area contributed by atoms with E-state index in [4.69, 9.17) is 5.73 Å². The zero-order chi connectivity index (χ0) is 16.6. The van der Waals surface area contributed by atoms with Crippen molar-refractivity contribution < 1.29 is 4.79 Å². The van der Waals surface area contributed by atoms with Gasteiger partial charge in [0.2, 0.25) is 0 Å². The smallest absolute Gasteiger partial charge is 0.272 e. The number of halogens is 1. The second-order valence-electron chi connectivity index (χ2n) is 6.92. The monoisotopic (exact) mass is 348 g/mol. The summed E-state index contributed by atoms with van der Waals surface area (Å²) in [6, 6.07) is 8.23. The first-order valence-corrected chi connectivity index (χ1v) is 8.12. The minimum atomic E-state index is -0.434. The molecule has 1 aliphatic carbocycles. The van der Waals surface area contributed by atoms with E-state index in [1.54, 1.807) is 0 Å². The molecule has 0 aliphatic heterocycles. The molecule has 0 spiro atoms. The molecule has 3 rings (SSSR count). The molecular weight excluding hydrogens is 324 g/mol. The molecule has 1 aromatic carbocycles. The predicted octanol–water partition coefficient (Wildman–Crippen LogP) is 2.56. The van der Waals surface area contributed by atoms with Crippen molar-refractivity contribution in [3.05, 3.63) is 46.8 Å². The van der Waals surface area contributed by atoms with Crippen molar-refractivity contribution in [2.24, 2.45) is 5.73 Å². The number of hydrogen-bond acceptors (Lipinski definition) is 3. The van der Waals surface area contributed by atoms with Gasteiger partial charge < -0.3 is 11.1 Å². The highest BCUT2D eigenvalue weighted by Gasteiger charge is 2.29. The summed E-state index contributed by atoms with van der Waals surface area (Å²) in [5.41, 5.74) is 10.3. The van der Waals surface area contributed by atoms with Crippen LogP contribution in [0.4, 0.5) is 0 Å². The number of carbonyl (C=O) groups excluding carboxylic acids is 1. The summed E-state index contributed by atoms with van der Waals surface area (Å²) in [6.07, 6.45) is 2.94. The first-order valence-electron chi connectivity index (χ1n) is 8.12. The van der Waals surface area contributed by atoms with Gasteiger partial charge in [0.25, 0.3) is 5.91 Å². The molecule has 1 amide bonds. The van der Waals surface area contributed by atoms with Gasteiger partial charge in [-0.1, -0.05) is 17.7 Å². The Morgan fingerprint density at radius 1 is 1.29 bits per heavy atom. The molecule has 2 aromatic rings. The maximum absolute atomic E-state index is 12.6. The highest BCUT2D eigenvalue weighted by Crippen LogP contribution is 2.28. The lowest BCUT2D eigenvalue weighted by atomic mass is 10.1. The summed E-state index contributed by atoms with van der Waals surface area (Å²) in [5, 5.41) is 7.60. The van der Waals surface area contributed by atoms with Gasteiger partial charge in [-0.3, -0.25) is 4.79 Å². The van der Waals surface area contributed by atoms with Crippen LogP contribution in [0, 0.1) is 6.92 Å². The van der Waals surface area contributed by atoms with Crippen molar-refractivity contribution in [1.29, 1.82) is 0 Å². The number of nitrogens with one attached hydrogen (secondary N) is 1. The summed E-state index contributed by atoms with van der Waals surface area (Å²) < 4.78 is 1.92. The van der Waals surface area contributed by atoms with E-state index in [2.05, 4.69) is 29.5 Å². The second-order valence-corrected chi connectivity index (χ2v) is 6.92. The number of aryl methyl sites for hydroxylation is 1. The third kappa shape index (κ3) is 3.47. The molecule has 0 unspecified atom stereocenters. The minimum absolute atomic E-state index is 0. The van der Waals surface area contributed by atoms with Gasteiger partial charge in [0, 0.05) is 23.3 Å². The van der Waals surface area contributed by atoms with Crippen LogP contribution in [0.1, 0.15) is 47.6 Å². The van der Waals surface area contributed by atoms with E-state index in [0.717, 1.165) is 36.2 Å². The van der Waals surface area contributed by atoms with Crippen molar-refractivity contribution in [1.82, 2.24) is 15.1 Å². The zero-order valence-corrected chi connectivity index (χ0v) is 15.2. The lowest BCUT2D eigenvalue weighted by Crippen LogP contribution is -2.49. The number of benzene rings is 1. The zero-order valence-electron chi connectivity index (χ0n) is 14.4. The van der Waals surface area contributed by atoms with E-state index >= 15 is 0 Å². The van der Waals surface area contributed by atoms with Gasteiger partial charge in [-0.2, -0.15) is 5.10 Å². The Morgan fingerprint density at radius 3 is 2.58 bits per heavy atom. The number of amides is 1. The van der Waals surface area contributed by atoms with Crippen LogP contribution in [0.3, 0.4) is 0 Å². The Balaban J connectivity index is 0.00000208. The van der Waals surface area contributed by atoms with Crippen LogP contribution in [0.2, 0.25) is 0 Å². The fraction of sp³-hybridized carbons (Fsp3) is 0.444. The van der Waals surface area contributed by atoms with E-state index < -0.39 is 5.54 Å². The van der Waals surface area contributed by atoms with E-state index in [1.165, 1.54) is 5.56 Å². The van der Waals surface area contributed by atoms with E-state index in [-0.39, 0.29) is 18.3 Å². The topological polar surface area (TPSA) is 72.9 Å².